The van der Waals surface area contributed by atoms with Gasteiger partial charge in [-0.05, 0) is 60.7 Å². The lowest BCUT2D eigenvalue weighted by atomic mass is 9.76. The van der Waals surface area contributed by atoms with Crippen LogP contribution < -0.4 is 5.32 Å². The van der Waals surface area contributed by atoms with Crippen molar-refractivity contribution in [1.82, 2.24) is 0 Å². The van der Waals surface area contributed by atoms with E-state index in [1.807, 2.05) is 18.2 Å². The van der Waals surface area contributed by atoms with Crippen LogP contribution in [0.2, 0.25) is 0 Å². The first-order chi connectivity index (χ1) is 9.20. The Morgan fingerprint density at radius 2 is 1.79 bits per heavy atom. The fourth-order valence-electron chi connectivity index (χ4n) is 2.55. The molecular weight excluding hydrogens is 305 g/mol. The number of halogens is 2. The molecule has 1 saturated carbocycles. The highest BCUT2D eigenvalue weighted by atomic mass is 79.9. The van der Waals surface area contributed by atoms with Gasteiger partial charge in [-0.2, -0.15) is 0 Å². The van der Waals surface area contributed by atoms with Gasteiger partial charge in [0.25, 0.3) is 0 Å². The predicted octanol–water partition coefficient (Wildman–Crippen LogP) is 4.95. The Labute approximate surface area is 121 Å². The number of anilines is 1. The van der Waals surface area contributed by atoms with Crippen molar-refractivity contribution in [1.29, 1.82) is 0 Å². The summed E-state index contributed by atoms with van der Waals surface area (Å²) in [5.41, 5.74) is 2.26. The van der Waals surface area contributed by atoms with Gasteiger partial charge >= 0.3 is 0 Å². The molecule has 2 aromatic rings. The average molecular weight is 320 g/mol. The van der Waals surface area contributed by atoms with Gasteiger partial charge in [0, 0.05) is 16.2 Å². The molecular formula is C16H15BrFN. The summed E-state index contributed by atoms with van der Waals surface area (Å²) >= 11 is 3.43. The molecule has 19 heavy (non-hydrogen) atoms. The van der Waals surface area contributed by atoms with E-state index in [0.717, 1.165) is 28.6 Å². The first kappa shape index (κ1) is 12.7. The molecule has 0 radical (unpaired) electrons. The second-order valence-electron chi connectivity index (χ2n) is 5.07. The molecule has 1 fully saturated rings. The van der Waals surface area contributed by atoms with Crippen LogP contribution in [0.3, 0.4) is 0 Å². The molecule has 2 aromatic carbocycles. The van der Waals surface area contributed by atoms with Crippen molar-refractivity contribution in [3.05, 3.63) is 64.4 Å². The van der Waals surface area contributed by atoms with Gasteiger partial charge in [-0.25, -0.2) is 4.39 Å². The fourth-order valence-corrected chi connectivity index (χ4v) is 2.81. The first-order valence-corrected chi connectivity index (χ1v) is 7.27. The molecule has 1 aliphatic rings. The standard InChI is InChI=1S/C16H15BrFN/c17-13-4-6-15(7-5-13)19-16-9-12(10-16)11-2-1-3-14(18)8-11/h1-8,12,16,19H,9-10H2. The minimum absolute atomic E-state index is 0.137. The van der Waals surface area contributed by atoms with E-state index >= 15 is 0 Å². The van der Waals surface area contributed by atoms with E-state index in [1.54, 1.807) is 12.1 Å². The van der Waals surface area contributed by atoms with Crippen LogP contribution in [0, 0.1) is 5.82 Å². The zero-order chi connectivity index (χ0) is 13.2. The lowest BCUT2D eigenvalue weighted by molar-refractivity contribution is 0.373. The van der Waals surface area contributed by atoms with E-state index < -0.39 is 0 Å². The van der Waals surface area contributed by atoms with E-state index in [0.29, 0.717) is 12.0 Å². The van der Waals surface area contributed by atoms with Crippen LogP contribution >= 0.6 is 15.9 Å². The van der Waals surface area contributed by atoms with Gasteiger partial charge in [0.1, 0.15) is 5.82 Å². The van der Waals surface area contributed by atoms with Crippen molar-refractivity contribution in [3.8, 4) is 0 Å². The van der Waals surface area contributed by atoms with E-state index in [9.17, 15) is 4.39 Å². The molecule has 1 nitrogen and oxygen atoms in total. The topological polar surface area (TPSA) is 12.0 Å². The maximum atomic E-state index is 13.1. The molecule has 98 valence electrons. The minimum atomic E-state index is -0.137. The average Bonchev–Trinajstić information content (AvgIpc) is 2.35. The molecule has 0 aromatic heterocycles. The van der Waals surface area contributed by atoms with Crippen LogP contribution in [-0.2, 0) is 0 Å². The molecule has 0 atom stereocenters. The van der Waals surface area contributed by atoms with Crippen molar-refractivity contribution < 1.29 is 4.39 Å². The smallest absolute Gasteiger partial charge is 0.123 e. The van der Waals surface area contributed by atoms with Crippen LogP contribution in [0.4, 0.5) is 10.1 Å². The van der Waals surface area contributed by atoms with Gasteiger partial charge in [-0.3, -0.25) is 0 Å². The largest absolute Gasteiger partial charge is 0.382 e. The molecule has 0 heterocycles. The summed E-state index contributed by atoms with van der Waals surface area (Å²) in [6, 6.07) is 15.7. The third-order valence-corrected chi connectivity index (χ3v) is 4.20. The van der Waals surface area contributed by atoms with Crippen molar-refractivity contribution in [2.75, 3.05) is 5.32 Å². The Balaban J connectivity index is 1.57. The van der Waals surface area contributed by atoms with E-state index in [4.69, 9.17) is 0 Å². The number of nitrogens with one attached hydrogen (secondary N) is 1. The maximum Gasteiger partial charge on any atom is 0.123 e. The Kier molecular flexibility index (Phi) is 3.56. The van der Waals surface area contributed by atoms with Gasteiger partial charge in [0.2, 0.25) is 0 Å². The summed E-state index contributed by atoms with van der Waals surface area (Å²) < 4.78 is 14.2. The fraction of sp³-hybridized carbons (Fsp3) is 0.250. The van der Waals surface area contributed by atoms with E-state index in [-0.39, 0.29) is 5.82 Å². The highest BCUT2D eigenvalue weighted by Gasteiger charge is 2.30. The summed E-state index contributed by atoms with van der Waals surface area (Å²) in [6.45, 7) is 0. The number of hydrogen-bond donors (Lipinski definition) is 1. The third kappa shape index (κ3) is 2.98. The summed E-state index contributed by atoms with van der Waals surface area (Å²) in [6.07, 6.45) is 2.14. The van der Waals surface area contributed by atoms with Gasteiger partial charge in [0.15, 0.2) is 0 Å². The lowest BCUT2D eigenvalue weighted by Crippen LogP contribution is -2.34. The Hall–Kier alpha value is -1.35. The Morgan fingerprint density at radius 3 is 2.47 bits per heavy atom. The van der Waals surface area contributed by atoms with Crippen LogP contribution in [0.25, 0.3) is 0 Å². The zero-order valence-electron chi connectivity index (χ0n) is 10.4. The van der Waals surface area contributed by atoms with E-state index in [2.05, 4.69) is 33.4 Å². The highest BCUT2D eigenvalue weighted by molar-refractivity contribution is 9.10. The van der Waals surface area contributed by atoms with Crippen molar-refractivity contribution in [3.63, 3.8) is 0 Å². The number of rotatable bonds is 3. The second-order valence-corrected chi connectivity index (χ2v) is 5.99. The molecule has 0 spiro atoms. The molecule has 0 bridgehead atoms. The molecule has 0 unspecified atom stereocenters. The number of hydrogen-bond acceptors (Lipinski definition) is 1. The quantitative estimate of drug-likeness (QED) is 0.844. The Bertz CT molecular complexity index is 561. The summed E-state index contributed by atoms with van der Waals surface area (Å²) in [5, 5.41) is 3.51. The van der Waals surface area contributed by atoms with Crippen molar-refractivity contribution in [2.24, 2.45) is 0 Å². The van der Waals surface area contributed by atoms with Gasteiger partial charge < -0.3 is 5.32 Å². The van der Waals surface area contributed by atoms with Gasteiger partial charge in [-0.1, -0.05) is 28.1 Å². The summed E-state index contributed by atoms with van der Waals surface area (Å²) in [4.78, 5) is 0. The molecule has 0 amide bonds. The van der Waals surface area contributed by atoms with Crippen LogP contribution in [0.1, 0.15) is 24.3 Å². The molecule has 0 saturated heterocycles. The zero-order valence-corrected chi connectivity index (χ0v) is 12.0. The molecule has 1 N–H and O–H groups in total. The van der Waals surface area contributed by atoms with Crippen LogP contribution in [-0.4, -0.2) is 6.04 Å². The maximum absolute atomic E-state index is 13.1. The van der Waals surface area contributed by atoms with Gasteiger partial charge in [-0.15, -0.1) is 0 Å². The van der Waals surface area contributed by atoms with Crippen LogP contribution in [0.5, 0.6) is 0 Å². The second kappa shape index (κ2) is 5.33. The van der Waals surface area contributed by atoms with E-state index in [1.165, 1.54) is 6.07 Å². The SMILES string of the molecule is Fc1cccc(C2CC(Nc3ccc(Br)cc3)C2)c1. The summed E-state index contributed by atoms with van der Waals surface area (Å²) in [7, 11) is 0. The predicted molar refractivity (Wildman–Crippen MR) is 79.9 cm³/mol. The molecule has 3 heteroatoms. The summed E-state index contributed by atoms with van der Waals surface area (Å²) in [5.74, 6) is 0.352. The first-order valence-electron chi connectivity index (χ1n) is 6.48. The minimum Gasteiger partial charge on any atom is -0.382 e. The van der Waals surface area contributed by atoms with Gasteiger partial charge in [0.05, 0.1) is 0 Å². The van der Waals surface area contributed by atoms with Crippen molar-refractivity contribution >= 4 is 21.6 Å². The van der Waals surface area contributed by atoms with Crippen molar-refractivity contribution in [2.45, 2.75) is 24.8 Å². The Morgan fingerprint density at radius 1 is 1.05 bits per heavy atom. The molecule has 3 rings (SSSR count). The number of benzene rings is 2. The molecule has 1 aliphatic carbocycles. The highest BCUT2D eigenvalue weighted by Crippen LogP contribution is 2.38. The van der Waals surface area contributed by atoms with Crippen LogP contribution in [0.15, 0.2) is 53.0 Å². The normalized spacial score (nSPS) is 21.8. The lowest BCUT2D eigenvalue weighted by Gasteiger charge is -2.37. The molecule has 0 aliphatic heterocycles. The third-order valence-electron chi connectivity index (χ3n) is 3.67. The monoisotopic (exact) mass is 319 g/mol.